The largest absolute Gasteiger partial charge is 0.396 e. The Labute approximate surface area is 87.7 Å². The van der Waals surface area contributed by atoms with Gasteiger partial charge in [0.05, 0.1) is 0 Å². The predicted octanol–water partition coefficient (Wildman–Crippen LogP) is 2.93. The van der Waals surface area contributed by atoms with Crippen molar-refractivity contribution in [3.05, 3.63) is 0 Å². The van der Waals surface area contributed by atoms with E-state index in [4.69, 9.17) is 5.11 Å². The van der Waals surface area contributed by atoms with Crippen LogP contribution in [0, 0.1) is 5.92 Å². The molecule has 0 spiro atoms. The zero-order valence-electron chi connectivity index (χ0n) is 9.59. The van der Waals surface area contributed by atoms with E-state index in [-0.39, 0.29) is 12.5 Å². The SMILES string of the molecule is CCCCC(=O)C(CCO)CCCC. The Morgan fingerprint density at radius 1 is 1.14 bits per heavy atom. The molecular weight excluding hydrogens is 176 g/mol. The molecule has 0 aliphatic heterocycles. The van der Waals surface area contributed by atoms with E-state index in [9.17, 15) is 4.79 Å². The minimum atomic E-state index is 0.117. The zero-order valence-corrected chi connectivity index (χ0v) is 9.59. The average molecular weight is 200 g/mol. The fraction of sp³-hybridized carbons (Fsp3) is 0.917. The van der Waals surface area contributed by atoms with Gasteiger partial charge < -0.3 is 5.11 Å². The summed E-state index contributed by atoms with van der Waals surface area (Å²) in [6, 6.07) is 0. The van der Waals surface area contributed by atoms with Crippen LogP contribution in [0.4, 0.5) is 0 Å². The number of hydrogen-bond donors (Lipinski definition) is 1. The lowest BCUT2D eigenvalue weighted by Crippen LogP contribution is -2.15. The lowest BCUT2D eigenvalue weighted by molar-refractivity contribution is -0.123. The summed E-state index contributed by atoms with van der Waals surface area (Å²) in [5.74, 6) is 0.473. The van der Waals surface area contributed by atoms with Gasteiger partial charge in [0.25, 0.3) is 0 Å². The predicted molar refractivity (Wildman–Crippen MR) is 59.2 cm³/mol. The maximum atomic E-state index is 11.7. The van der Waals surface area contributed by atoms with Crippen molar-refractivity contribution in [2.75, 3.05) is 6.61 Å². The second-order valence-electron chi connectivity index (χ2n) is 3.92. The Bertz CT molecular complexity index is 143. The van der Waals surface area contributed by atoms with Gasteiger partial charge in [-0.15, -0.1) is 0 Å². The summed E-state index contributed by atoms with van der Waals surface area (Å²) >= 11 is 0. The highest BCUT2D eigenvalue weighted by Gasteiger charge is 2.16. The van der Waals surface area contributed by atoms with Gasteiger partial charge in [-0.25, -0.2) is 0 Å². The molecule has 0 radical (unpaired) electrons. The van der Waals surface area contributed by atoms with Gasteiger partial charge in [0.2, 0.25) is 0 Å². The fourth-order valence-electron chi connectivity index (χ4n) is 1.63. The topological polar surface area (TPSA) is 37.3 Å². The molecule has 0 aromatic carbocycles. The van der Waals surface area contributed by atoms with E-state index >= 15 is 0 Å². The van der Waals surface area contributed by atoms with Gasteiger partial charge >= 0.3 is 0 Å². The van der Waals surface area contributed by atoms with Crippen molar-refractivity contribution < 1.29 is 9.90 Å². The van der Waals surface area contributed by atoms with Crippen LogP contribution in [0.3, 0.4) is 0 Å². The monoisotopic (exact) mass is 200 g/mol. The van der Waals surface area contributed by atoms with Crippen LogP contribution in [0.5, 0.6) is 0 Å². The maximum absolute atomic E-state index is 11.7. The van der Waals surface area contributed by atoms with E-state index < -0.39 is 0 Å². The van der Waals surface area contributed by atoms with Crippen LogP contribution in [0.2, 0.25) is 0 Å². The van der Waals surface area contributed by atoms with Crippen LogP contribution in [0.25, 0.3) is 0 Å². The lowest BCUT2D eigenvalue weighted by atomic mass is 9.91. The Kier molecular flexibility index (Phi) is 8.95. The molecule has 0 amide bonds. The molecule has 0 aromatic rings. The van der Waals surface area contributed by atoms with Gasteiger partial charge in [0.15, 0.2) is 0 Å². The quantitative estimate of drug-likeness (QED) is 0.621. The second kappa shape index (κ2) is 9.20. The molecule has 2 nitrogen and oxygen atoms in total. The van der Waals surface area contributed by atoms with Gasteiger partial charge in [0.1, 0.15) is 5.78 Å². The van der Waals surface area contributed by atoms with Gasteiger partial charge in [-0.2, -0.15) is 0 Å². The van der Waals surface area contributed by atoms with Crippen molar-refractivity contribution >= 4 is 5.78 Å². The summed E-state index contributed by atoms with van der Waals surface area (Å²) in [7, 11) is 0. The molecule has 0 fully saturated rings. The summed E-state index contributed by atoms with van der Waals surface area (Å²) < 4.78 is 0. The van der Waals surface area contributed by atoms with E-state index in [1.54, 1.807) is 0 Å². The van der Waals surface area contributed by atoms with Crippen LogP contribution in [0.1, 0.15) is 58.8 Å². The van der Waals surface area contributed by atoms with E-state index in [0.29, 0.717) is 18.6 Å². The molecule has 1 unspecified atom stereocenters. The first-order valence-electron chi connectivity index (χ1n) is 5.89. The molecule has 0 aliphatic carbocycles. The Balaban J connectivity index is 3.84. The van der Waals surface area contributed by atoms with E-state index in [2.05, 4.69) is 13.8 Å². The number of carbonyl (C=O) groups excluding carboxylic acids is 1. The van der Waals surface area contributed by atoms with E-state index in [0.717, 1.165) is 32.1 Å². The van der Waals surface area contributed by atoms with Gasteiger partial charge in [-0.1, -0.05) is 33.1 Å². The molecule has 0 saturated heterocycles. The van der Waals surface area contributed by atoms with Gasteiger partial charge in [-0.05, 0) is 19.3 Å². The molecule has 14 heavy (non-hydrogen) atoms. The first kappa shape index (κ1) is 13.6. The standard InChI is InChI=1S/C12H24O2/c1-3-5-7-11(9-10-13)12(14)8-6-4-2/h11,13H,3-10H2,1-2H3. The van der Waals surface area contributed by atoms with Crippen LogP contribution >= 0.6 is 0 Å². The van der Waals surface area contributed by atoms with Crippen LogP contribution < -0.4 is 0 Å². The van der Waals surface area contributed by atoms with Gasteiger partial charge in [-0.3, -0.25) is 4.79 Å². The molecule has 0 rings (SSSR count). The third-order valence-electron chi connectivity index (χ3n) is 2.62. The molecule has 0 aromatic heterocycles. The van der Waals surface area contributed by atoms with E-state index in [1.165, 1.54) is 0 Å². The number of aliphatic hydroxyl groups is 1. The lowest BCUT2D eigenvalue weighted by Gasteiger charge is -2.13. The van der Waals surface area contributed by atoms with Gasteiger partial charge in [0, 0.05) is 18.9 Å². The highest BCUT2D eigenvalue weighted by atomic mass is 16.3. The molecule has 0 bridgehead atoms. The maximum Gasteiger partial charge on any atom is 0.136 e. The van der Waals surface area contributed by atoms with Crippen molar-refractivity contribution in [3.63, 3.8) is 0 Å². The van der Waals surface area contributed by atoms with Crippen molar-refractivity contribution in [1.29, 1.82) is 0 Å². The number of hydrogen-bond acceptors (Lipinski definition) is 2. The molecular formula is C12H24O2. The normalized spacial score (nSPS) is 12.8. The molecule has 2 heteroatoms. The number of unbranched alkanes of at least 4 members (excludes halogenated alkanes) is 2. The molecule has 1 N–H and O–H groups in total. The Hall–Kier alpha value is -0.370. The van der Waals surface area contributed by atoms with Crippen molar-refractivity contribution in [2.45, 2.75) is 58.8 Å². The molecule has 0 saturated carbocycles. The minimum absolute atomic E-state index is 0.117. The number of ketones is 1. The van der Waals surface area contributed by atoms with E-state index in [1.807, 2.05) is 0 Å². The van der Waals surface area contributed by atoms with Crippen LogP contribution in [0.15, 0.2) is 0 Å². The smallest absolute Gasteiger partial charge is 0.136 e. The van der Waals surface area contributed by atoms with Crippen LogP contribution in [-0.2, 0) is 4.79 Å². The molecule has 84 valence electrons. The third kappa shape index (κ3) is 6.14. The zero-order chi connectivity index (χ0) is 10.8. The molecule has 0 aliphatic rings. The summed E-state index contributed by atoms with van der Waals surface area (Å²) in [5.41, 5.74) is 0. The van der Waals surface area contributed by atoms with Crippen molar-refractivity contribution in [2.24, 2.45) is 5.92 Å². The number of rotatable bonds is 9. The van der Waals surface area contributed by atoms with Crippen molar-refractivity contribution in [1.82, 2.24) is 0 Å². The first-order chi connectivity index (χ1) is 6.76. The number of Topliss-reactive ketones (excluding diaryl/α,β-unsaturated/α-hetero) is 1. The first-order valence-corrected chi connectivity index (χ1v) is 5.89. The summed E-state index contributed by atoms with van der Waals surface area (Å²) in [6.45, 7) is 4.37. The average Bonchev–Trinajstić information content (AvgIpc) is 2.20. The summed E-state index contributed by atoms with van der Waals surface area (Å²) in [6.07, 6.45) is 6.61. The second-order valence-corrected chi connectivity index (χ2v) is 3.92. The molecule has 0 heterocycles. The molecule has 1 atom stereocenters. The highest BCUT2D eigenvalue weighted by molar-refractivity contribution is 5.80. The minimum Gasteiger partial charge on any atom is -0.396 e. The fourth-order valence-corrected chi connectivity index (χ4v) is 1.63. The summed E-state index contributed by atoms with van der Waals surface area (Å²) in [4.78, 5) is 11.7. The number of aliphatic hydroxyl groups excluding tert-OH is 1. The highest BCUT2D eigenvalue weighted by Crippen LogP contribution is 2.16. The summed E-state index contributed by atoms with van der Waals surface area (Å²) in [5, 5.41) is 8.86. The Morgan fingerprint density at radius 2 is 1.79 bits per heavy atom. The van der Waals surface area contributed by atoms with Crippen molar-refractivity contribution in [3.8, 4) is 0 Å². The van der Waals surface area contributed by atoms with Crippen LogP contribution in [-0.4, -0.2) is 17.5 Å². The Morgan fingerprint density at radius 3 is 2.29 bits per heavy atom. The number of carbonyl (C=O) groups is 1. The third-order valence-corrected chi connectivity index (χ3v) is 2.62.